The molecule has 0 aliphatic heterocycles. The second-order valence-corrected chi connectivity index (χ2v) is 4.37. The van der Waals surface area contributed by atoms with Crippen molar-refractivity contribution in [2.45, 2.75) is 13.8 Å². The minimum Gasteiger partial charge on any atom is -0.464 e. The van der Waals surface area contributed by atoms with E-state index in [1.54, 1.807) is 6.92 Å². The average molecular weight is 258 g/mol. The Morgan fingerprint density at radius 2 is 2.06 bits per heavy atom. The fourth-order valence-electron chi connectivity index (χ4n) is 0.785. The Balaban J connectivity index is 3.60. The summed E-state index contributed by atoms with van der Waals surface area (Å²) in [5.74, 6) is -0.935. The monoisotopic (exact) mass is 258 g/mol. The van der Waals surface area contributed by atoms with E-state index in [2.05, 4.69) is 6.58 Å². The fraction of sp³-hybridized carbons (Fsp3) is 0.455. The molecule has 0 atom stereocenters. The summed E-state index contributed by atoms with van der Waals surface area (Å²) in [4.78, 5) is 22.0. The van der Waals surface area contributed by atoms with Crippen molar-refractivity contribution in [3.05, 3.63) is 24.3 Å². The van der Waals surface area contributed by atoms with Crippen LogP contribution in [0.3, 0.4) is 0 Å². The van der Waals surface area contributed by atoms with E-state index in [1.165, 1.54) is 12.2 Å². The molecule has 0 fully saturated rings. The summed E-state index contributed by atoms with van der Waals surface area (Å²) in [6, 6.07) is 0. The molecular formula is C11H18O5Si. The fourth-order valence-corrected chi connectivity index (χ4v) is 1.48. The number of rotatable bonds is 8. The van der Waals surface area contributed by atoms with E-state index in [9.17, 15) is 9.59 Å². The van der Waals surface area contributed by atoms with Gasteiger partial charge >= 0.3 is 11.9 Å². The van der Waals surface area contributed by atoms with Crippen LogP contribution in [0.4, 0.5) is 0 Å². The molecule has 0 aliphatic carbocycles. The number of carbonyl (C=O) groups is 2. The van der Waals surface area contributed by atoms with Crippen molar-refractivity contribution in [2.75, 3.05) is 19.4 Å². The first-order valence-electron chi connectivity index (χ1n) is 5.31. The molecule has 0 rings (SSSR count). The molecule has 0 heterocycles. The molecule has 6 heteroatoms. The van der Waals surface area contributed by atoms with Gasteiger partial charge in [-0.1, -0.05) is 6.58 Å². The lowest BCUT2D eigenvalue weighted by Gasteiger charge is -2.01. The summed E-state index contributed by atoms with van der Waals surface area (Å²) < 4.78 is 14.7. The Morgan fingerprint density at radius 3 is 2.65 bits per heavy atom. The van der Waals surface area contributed by atoms with E-state index in [-0.39, 0.29) is 6.61 Å². The normalized spacial score (nSPS) is 10.9. The Bertz CT molecular complexity index is 298. The molecule has 0 bridgehead atoms. The van der Waals surface area contributed by atoms with Gasteiger partial charge in [-0.3, -0.25) is 0 Å². The third-order valence-electron chi connectivity index (χ3n) is 1.59. The quantitative estimate of drug-likeness (QED) is 0.271. The second-order valence-electron chi connectivity index (χ2n) is 3.15. The molecule has 96 valence electrons. The van der Waals surface area contributed by atoms with Crippen LogP contribution in [-0.4, -0.2) is 41.1 Å². The SMILES string of the molecule is C=C(C)C(=O)OCC=CC(=O)OC[SiH2]OCC. The van der Waals surface area contributed by atoms with Gasteiger partial charge in [0, 0.05) is 18.3 Å². The number of esters is 2. The molecule has 5 nitrogen and oxygen atoms in total. The first-order chi connectivity index (χ1) is 8.07. The first kappa shape index (κ1) is 15.6. The van der Waals surface area contributed by atoms with Crippen LogP contribution in [0, 0.1) is 0 Å². The maximum absolute atomic E-state index is 11.1. The third kappa shape index (κ3) is 9.52. The topological polar surface area (TPSA) is 61.8 Å². The lowest BCUT2D eigenvalue weighted by molar-refractivity contribution is -0.138. The van der Waals surface area contributed by atoms with Gasteiger partial charge in [0.2, 0.25) is 9.76 Å². The summed E-state index contributed by atoms with van der Waals surface area (Å²) in [5.41, 5.74) is 0.323. The smallest absolute Gasteiger partial charge is 0.333 e. The highest BCUT2D eigenvalue weighted by Crippen LogP contribution is 1.92. The molecule has 0 radical (unpaired) electrons. The van der Waals surface area contributed by atoms with Gasteiger partial charge < -0.3 is 13.9 Å². The zero-order valence-electron chi connectivity index (χ0n) is 10.2. The highest BCUT2D eigenvalue weighted by molar-refractivity contribution is 6.27. The van der Waals surface area contributed by atoms with Gasteiger partial charge in [-0.2, -0.15) is 0 Å². The van der Waals surface area contributed by atoms with Crippen molar-refractivity contribution in [2.24, 2.45) is 0 Å². The standard InChI is InChI=1S/C11H18O5Si/c1-4-16-17-8-15-10(12)6-5-7-14-11(13)9(2)3/h5-6H,2,4,7-8,17H2,1,3H3. The molecule has 0 N–H and O–H groups in total. The van der Waals surface area contributed by atoms with E-state index >= 15 is 0 Å². The van der Waals surface area contributed by atoms with E-state index < -0.39 is 21.7 Å². The Morgan fingerprint density at radius 1 is 1.35 bits per heavy atom. The molecule has 0 saturated carbocycles. The lowest BCUT2D eigenvalue weighted by atomic mass is 10.4. The van der Waals surface area contributed by atoms with Gasteiger partial charge in [-0.05, 0) is 19.9 Å². The summed E-state index contributed by atoms with van der Waals surface area (Å²) in [6.45, 7) is 7.56. The van der Waals surface area contributed by atoms with Crippen molar-refractivity contribution in [1.29, 1.82) is 0 Å². The second kappa shape index (κ2) is 9.80. The van der Waals surface area contributed by atoms with Crippen molar-refractivity contribution in [3.8, 4) is 0 Å². The zero-order chi connectivity index (χ0) is 13.1. The third-order valence-corrected chi connectivity index (χ3v) is 2.66. The summed E-state index contributed by atoms with van der Waals surface area (Å²) >= 11 is 0. The average Bonchev–Trinajstić information content (AvgIpc) is 2.29. The minimum absolute atomic E-state index is 0.0314. The molecular weight excluding hydrogens is 240 g/mol. The summed E-state index contributed by atoms with van der Waals surface area (Å²) in [5, 5.41) is 0. The molecule has 0 aromatic heterocycles. The van der Waals surface area contributed by atoms with Crippen LogP contribution in [0.5, 0.6) is 0 Å². The number of ether oxygens (including phenoxy) is 2. The van der Waals surface area contributed by atoms with Crippen LogP contribution >= 0.6 is 0 Å². The van der Waals surface area contributed by atoms with Crippen molar-refractivity contribution >= 4 is 21.7 Å². The molecule has 17 heavy (non-hydrogen) atoms. The van der Waals surface area contributed by atoms with Crippen LogP contribution in [0.2, 0.25) is 0 Å². The Labute approximate surface area is 103 Å². The van der Waals surface area contributed by atoms with E-state index in [1.807, 2.05) is 6.92 Å². The molecule has 0 aliphatic rings. The molecule has 0 amide bonds. The van der Waals surface area contributed by atoms with Gasteiger partial charge in [0.1, 0.15) is 12.8 Å². The number of carbonyl (C=O) groups excluding carboxylic acids is 2. The predicted octanol–water partition coefficient (Wildman–Crippen LogP) is 0.283. The Hall–Kier alpha value is -1.40. The van der Waals surface area contributed by atoms with Crippen LogP contribution in [0.1, 0.15) is 13.8 Å². The molecule has 0 saturated heterocycles. The zero-order valence-corrected chi connectivity index (χ0v) is 11.6. The Kier molecular flexibility index (Phi) is 8.99. The predicted molar refractivity (Wildman–Crippen MR) is 66.0 cm³/mol. The van der Waals surface area contributed by atoms with E-state index in [0.29, 0.717) is 18.4 Å². The first-order valence-corrected chi connectivity index (χ1v) is 6.89. The maximum Gasteiger partial charge on any atom is 0.333 e. The van der Waals surface area contributed by atoms with Crippen LogP contribution in [0.15, 0.2) is 24.3 Å². The van der Waals surface area contributed by atoms with E-state index in [4.69, 9.17) is 13.9 Å². The highest BCUT2D eigenvalue weighted by atomic mass is 28.2. The summed E-state index contributed by atoms with van der Waals surface area (Å²) in [7, 11) is -0.758. The van der Waals surface area contributed by atoms with Crippen LogP contribution < -0.4 is 0 Å². The van der Waals surface area contributed by atoms with Gasteiger partial charge in [0.25, 0.3) is 0 Å². The summed E-state index contributed by atoms with van der Waals surface area (Å²) in [6.07, 6.45) is 3.00. The van der Waals surface area contributed by atoms with Crippen molar-refractivity contribution in [3.63, 3.8) is 0 Å². The maximum atomic E-state index is 11.1. The van der Waals surface area contributed by atoms with Gasteiger partial charge in [0.05, 0.1) is 0 Å². The number of hydrogen-bond donors (Lipinski definition) is 0. The lowest BCUT2D eigenvalue weighted by Crippen LogP contribution is -2.12. The molecule has 0 aromatic rings. The van der Waals surface area contributed by atoms with Crippen LogP contribution in [-0.2, 0) is 23.5 Å². The largest absolute Gasteiger partial charge is 0.464 e. The van der Waals surface area contributed by atoms with Gasteiger partial charge in [0.15, 0.2) is 0 Å². The van der Waals surface area contributed by atoms with Gasteiger partial charge in [-0.25, -0.2) is 9.59 Å². The molecule has 0 spiro atoms. The van der Waals surface area contributed by atoms with E-state index in [0.717, 1.165) is 0 Å². The van der Waals surface area contributed by atoms with Gasteiger partial charge in [-0.15, -0.1) is 0 Å². The van der Waals surface area contributed by atoms with Crippen LogP contribution in [0.25, 0.3) is 0 Å². The van der Waals surface area contributed by atoms with Crippen molar-refractivity contribution in [1.82, 2.24) is 0 Å². The number of hydrogen-bond acceptors (Lipinski definition) is 5. The molecule has 0 aromatic carbocycles. The molecule has 0 unspecified atom stereocenters. The minimum atomic E-state index is -0.758. The highest BCUT2D eigenvalue weighted by Gasteiger charge is 2.01. The van der Waals surface area contributed by atoms with Crippen molar-refractivity contribution < 1.29 is 23.5 Å².